The molecule has 21 heavy (non-hydrogen) atoms. The first-order valence-corrected chi connectivity index (χ1v) is 8.55. The molecular weight excluding hydrogens is 330 g/mol. The summed E-state index contributed by atoms with van der Waals surface area (Å²) in [6, 6.07) is 7.69. The van der Waals surface area contributed by atoms with E-state index < -0.39 is 5.97 Å². The lowest BCUT2D eigenvalue weighted by Gasteiger charge is -2.38. The number of aliphatic carboxylic acids is 1. The standard InChI is InChI=1S/C17H22BrNO2/c1-11-2-3-13(16(18)6-11)10-19-14-4-5-15(19)8-12(7-14)9-17(20)21/h2-3,6,12,14-15H,4-5,7-10H2,1H3,(H,20,21). The van der Waals surface area contributed by atoms with Crippen LogP contribution in [0.2, 0.25) is 0 Å². The molecule has 2 saturated heterocycles. The fourth-order valence-electron chi connectivity index (χ4n) is 4.04. The maximum Gasteiger partial charge on any atom is 0.303 e. The number of hydrogen-bond donors (Lipinski definition) is 1. The van der Waals surface area contributed by atoms with Crippen LogP contribution in [0, 0.1) is 12.8 Å². The zero-order valence-corrected chi connectivity index (χ0v) is 14.0. The van der Waals surface area contributed by atoms with Crippen molar-refractivity contribution in [3.8, 4) is 0 Å². The summed E-state index contributed by atoms with van der Waals surface area (Å²) in [5.41, 5.74) is 2.61. The Bertz CT molecular complexity index is 532. The molecule has 0 amide bonds. The van der Waals surface area contributed by atoms with Crippen molar-refractivity contribution in [2.75, 3.05) is 0 Å². The van der Waals surface area contributed by atoms with Crippen molar-refractivity contribution in [3.05, 3.63) is 33.8 Å². The lowest BCUT2D eigenvalue weighted by atomic mass is 9.88. The highest BCUT2D eigenvalue weighted by Crippen LogP contribution is 2.41. The molecule has 4 heteroatoms. The van der Waals surface area contributed by atoms with Crippen molar-refractivity contribution < 1.29 is 9.90 Å². The third-order valence-electron chi connectivity index (χ3n) is 5.01. The molecule has 0 radical (unpaired) electrons. The Morgan fingerprint density at radius 1 is 1.33 bits per heavy atom. The Hall–Kier alpha value is -0.870. The quantitative estimate of drug-likeness (QED) is 0.891. The van der Waals surface area contributed by atoms with Gasteiger partial charge in [0.2, 0.25) is 0 Å². The molecule has 3 nitrogen and oxygen atoms in total. The molecule has 0 aromatic heterocycles. The van der Waals surface area contributed by atoms with E-state index in [-0.39, 0.29) is 0 Å². The Labute approximate surface area is 134 Å². The first kappa shape index (κ1) is 15.0. The maximum absolute atomic E-state index is 10.9. The molecule has 2 bridgehead atoms. The predicted molar refractivity (Wildman–Crippen MR) is 86.2 cm³/mol. The summed E-state index contributed by atoms with van der Waals surface area (Å²) in [7, 11) is 0. The minimum absolute atomic E-state index is 0.342. The Balaban J connectivity index is 1.69. The summed E-state index contributed by atoms with van der Waals surface area (Å²) in [6.45, 7) is 3.09. The van der Waals surface area contributed by atoms with Crippen LogP contribution >= 0.6 is 15.9 Å². The molecule has 0 spiro atoms. The van der Waals surface area contributed by atoms with Crippen LogP contribution in [0.3, 0.4) is 0 Å². The smallest absolute Gasteiger partial charge is 0.303 e. The van der Waals surface area contributed by atoms with Gasteiger partial charge < -0.3 is 5.11 Å². The number of halogens is 1. The number of nitrogens with zero attached hydrogens (tertiary/aromatic N) is 1. The van der Waals surface area contributed by atoms with E-state index in [1.165, 1.54) is 28.4 Å². The van der Waals surface area contributed by atoms with Gasteiger partial charge in [-0.3, -0.25) is 9.69 Å². The lowest BCUT2D eigenvalue weighted by molar-refractivity contribution is -0.138. The fraction of sp³-hybridized carbons (Fsp3) is 0.588. The van der Waals surface area contributed by atoms with Crippen molar-refractivity contribution in [1.29, 1.82) is 0 Å². The van der Waals surface area contributed by atoms with Gasteiger partial charge in [-0.2, -0.15) is 0 Å². The van der Waals surface area contributed by atoms with Gasteiger partial charge in [0, 0.05) is 29.5 Å². The molecule has 1 N–H and O–H groups in total. The van der Waals surface area contributed by atoms with E-state index in [9.17, 15) is 4.79 Å². The van der Waals surface area contributed by atoms with Crippen LogP contribution in [-0.2, 0) is 11.3 Å². The van der Waals surface area contributed by atoms with Crippen LogP contribution in [0.25, 0.3) is 0 Å². The molecule has 2 unspecified atom stereocenters. The largest absolute Gasteiger partial charge is 0.481 e. The molecule has 1 aromatic rings. The van der Waals surface area contributed by atoms with E-state index in [0.717, 1.165) is 19.4 Å². The number of piperidine rings is 1. The second kappa shape index (κ2) is 6.09. The number of carboxylic acids is 1. The summed E-state index contributed by atoms with van der Waals surface area (Å²) in [5.74, 6) is -0.271. The second-order valence-corrected chi connectivity index (χ2v) is 7.44. The number of benzene rings is 1. The molecule has 2 aliphatic heterocycles. The van der Waals surface area contributed by atoms with Gasteiger partial charge in [-0.25, -0.2) is 0 Å². The zero-order chi connectivity index (χ0) is 15.0. The van der Waals surface area contributed by atoms with Crippen molar-refractivity contribution in [1.82, 2.24) is 4.90 Å². The van der Waals surface area contributed by atoms with Crippen LogP contribution in [-0.4, -0.2) is 28.1 Å². The van der Waals surface area contributed by atoms with Gasteiger partial charge in [-0.15, -0.1) is 0 Å². The van der Waals surface area contributed by atoms with Gasteiger partial charge in [0.05, 0.1) is 0 Å². The average Bonchev–Trinajstić information content (AvgIpc) is 2.64. The van der Waals surface area contributed by atoms with E-state index in [0.29, 0.717) is 24.4 Å². The molecule has 3 rings (SSSR count). The van der Waals surface area contributed by atoms with Crippen LogP contribution in [0.1, 0.15) is 43.2 Å². The summed E-state index contributed by atoms with van der Waals surface area (Å²) < 4.78 is 1.19. The number of fused-ring (bicyclic) bond motifs is 2. The normalized spacial score (nSPS) is 28.8. The van der Waals surface area contributed by atoms with E-state index in [1.54, 1.807) is 0 Å². The summed E-state index contributed by atoms with van der Waals surface area (Å²) in [5, 5.41) is 9.00. The third-order valence-corrected chi connectivity index (χ3v) is 5.74. The summed E-state index contributed by atoms with van der Waals surface area (Å²) in [4.78, 5) is 13.5. The van der Waals surface area contributed by atoms with Gasteiger partial charge in [0.25, 0.3) is 0 Å². The third kappa shape index (κ3) is 3.32. The number of carbonyl (C=O) groups is 1. The lowest BCUT2D eigenvalue weighted by Crippen LogP contribution is -2.42. The topological polar surface area (TPSA) is 40.5 Å². The monoisotopic (exact) mass is 351 g/mol. The minimum Gasteiger partial charge on any atom is -0.481 e. The molecular formula is C17H22BrNO2. The molecule has 114 valence electrons. The second-order valence-electron chi connectivity index (χ2n) is 6.59. The van der Waals surface area contributed by atoms with Crippen molar-refractivity contribution >= 4 is 21.9 Å². The zero-order valence-electron chi connectivity index (χ0n) is 12.4. The molecule has 2 fully saturated rings. The molecule has 1 aromatic carbocycles. The number of rotatable bonds is 4. The Kier molecular flexibility index (Phi) is 4.36. The van der Waals surface area contributed by atoms with E-state index in [4.69, 9.17) is 5.11 Å². The van der Waals surface area contributed by atoms with Gasteiger partial charge >= 0.3 is 5.97 Å². The first-order valence-electron chi connectivity index (χ1n) is 7.75. The van der Waals surface area contributed by atoms with Gasteiger partial charge in [-0.1, -0.05) is 28.1 Å². The molecule has 2 heterocycles. The highest BCUT2D eigenvalue weighted by Gasteiger charge is 2.41. The number of hydrogen-bond acceptors (Lipinski definition) is 2. The highest BCUT2D eigenvalue weighted by atomic mass is 79.9. The average molecular weight is 352 g/mol. The maximum atomic E-state index is 10.9. The molecule has 0 aliphatic carbocycles. The molecule has 2 atom stereocenters. The van der Waals surface area contributed by atoms with E-state index in [2.05, 4.69) is 46.0 Å². The van der Waals surface area contributed by atoms with E-state index in [1.807, 2.05) is 0 Å². The highest BCUT2D eigenvalue weighted by molar-refractivity contribution is 9.10. The number of aryl methyl sites for hydroxylation is 1. The van der Waals surface area contributed by atoms with Crippen molar-refractivity contribution in [2.24, 2.45) is 5.92 Å². The minimum atomic E-state index is -0.644. The van der Waals surface area contributed by atoms with Gasteiger partial charge in [0.15, 0.2) is 0 Å². The first-order chi connectivity index (χ1) is 10.0. The summed E-state index contributed by atoms with van der Waals surface area (Å²) >= 11 is 3.67. The van der Waals surface area contributed by atoms with Crippen molar-refractivity contribution in [3.63, 3.8) is 0 Å². The number of carboxylic acid groups (broad SMARTS) is 1. The van der Waals surface area contributed by atoms with E-state index >= 15 is 0 Å². The Morgan fingerprint density at radius 2 is 2.00 bits per heavy atom. The molecule has 2 aliphatic rings. The van der Waals surface area contributed by atoms with Crippen molar-refractivity contribution in [2.45, 2.75) is 57.7 Å². The predicted octanol–water partition coefficient (Wildman–Crippen LogP) is 3.98. The van der Waals surface area contributed by atoms with Crippen LogP contribution in [0.15, 0.2) is 22.7 Å². The SMILES string of the molecule is Cc1ccc(CN2C3CCC2CC(CC(=O)O)C3)c(Br)c1. The fourth-order valence-corrected chi connectivity index (χ4v) is 4.65. The summed E-state index contributed by atoms with van der Waals surface area (Å²) in [6.07, 6.45) is 4.89. The Morgan fingerprint density at radius 3 is 2.57 bits per heavy atom. The van der Waals surface area contributed by atoms with Crippen LogP contribution in [0.5, 0.6) is 0 Å². The molecule has 0 saturated carbocycles. The van der Waals surface area contributed by atoms with Crippen LogP contribution in [0.4, 0.5) is 0 Å². The van der Waals surface area contributed by atoms with Gasteiger partial charge in [-0.05, 0) is 55.7 Å². The van der Waals surface area contributed by atoms with Gasteiger partial charge in [0.1, 0.15) is 0 Å². The van der Waals surface area contributed by atoms with Crippen LogP contribution < -0.4 is 0 Å².